The first-order chi connectivity index (χ1) is 9.10. The van der Waals surface area contributed by atoms with Crippen LogP contribution in [0.4, 0.5) is 0 Å². The van der Waals surface area contributed by atoms with E-state index in [1.54, 1.807) is 19.2 Å². The number of hydrogen-bond acceptors (Lipinski definition) is 4. The van der Waals surface area contributed by atoms with Crippen LogP contribution in [0, 0.1) is 0 Å². The molecule has 0 aliphatic carbocycles. The molecule has 6 heteroatoms. The molecule has 0 aromatic heterocycles. The highest BCUT2D eigenvalue weighted by Gasteiger charge is 2.30. The molecule has 0 saturated carbocycles. The number of carboxylic acid groups (broad SMARTS) is 1. The number of morpholine rings is 1. The van der Waals surface area contributed by atoms with Crippen LogP contribution in [-0.4, -0.2) is 48.2 Å². The fourth-order valence-corrected chi connectivity index (χ4v) is 1.87. The zero-order chi connectivity index (χ0) is 13.8. The van der Waals surface area contributed by atoms with Gasteiger partial charge >= 0.3 is 5.97 Å². The van der Waals surface area contributed by atoms with E-state index in [1.807, 2.05) is 12.1 Å². The van der Waals surface area contributed by atoms with Crippen molar-refractivity contribution in [2.75, 3.05) is 20.3 Å². The molecule has 1 fully saturated rings. The Morgan fingerprint density at radius 3 is 2.74 bits per heavy atom. The molecule has 1 aromatic rings. The smallest absolute Gasteiger partial charge is 0.334 e. The number of nitrogens with zero attached hydrogens (tertiary/aromatic N) is 1. The van der Waals surface area contributed by atoms with Crippen LogP contribution in [0.15, 0.2) is 24.3 Å². The van der Waals surface area contributed by atoms with Crippen molar-refractivity contribution in [3.63, 3.8) is 0 Å². The van der Waals surface area contributed by atoms with Crippen LogP contribution in [0.2, 0.25) is 0 Å². The van der Waals surface area contributed by atoms with Crippen molar-refractivity contribution in [1.82, 2.24) is 4.90 Å². The molecule has 1 aliphatic heterocycles. The van der Waals surface area contributed by atoms with E-state index < -0.39 is 12.1 Å². The molecule has 0 unspecified atom stereocenters. The van der Waals surface area contributed by atoms with Gasteiger partial charge in [-0.2, -0.15) is 0 Å². The summed E-state index contributed by atoms with van der Waals surface area (Å²) in [6.07, 6.45) is -0.948. The normalized spacial score (nSPS) is 19.3. The lowest BCUT2D eigenvalue weighted by atomic mass is 10.2. The number of carboxylic acids is 1. The number of hydrogen-bond donors (Lipinski definition) is 1. The Morgan fingerprint density at radius 2 is 2.16 bits per heavy atom. The minimum absolute atomic E-state index is 0.0696. The standard InChI is InChI=1S/C13H15NO5/c1-18-10-4-2-9(3-5-10)6-14-7-11(13(16)17)19-8-12(14)15/h2-5,11H,6-8H2,1H3,(H,16,17)/t11-/m1/s1. The molecule has 1 N–H and O–H groups in total. The van der Waals surface area contributed by atoms with E-state index in [2.05, 4.69) is 0 Å². The lowest BCUT2D eigenvalue weighted by Gasteiger charge is -2.30. The first kappa shape index (κ1) is 13.4. The number of amides is 1. The van der Waals surface area contributed by atoms with Crippen molar-refractivity contribution in [1.29, 1.82) is 0 Å². The maximum atomic E-state index is 11.7. The summed E-state index contributed by atoms with van der Waals surface area (Å²) in [7, 11) is 1.58. The van der Waals surface area contributed by atoms with E-state index >= 15 is 0 Å². The summed E-state index contributed by atoms with van der Waals surface area (Å²) in [6.45, 7) is 0.253. The number of ether oxygens (including phenoxy) is 2. The molecule has 1 atom stereocenters. The summed E-state index contributed by atoms with van der Waals surface area (Å²) in [5, 5.41) is 8.90. The third kappa shape index (κ3) is 3.23. The van der Waals surface area contributed by atoms with Crippen LogP contribution >= 0.6 is 0 Å². The number of benzene rings is 1. The first-order valence-electron chi connectivity index (χ1n) is 5.85. The van der Waals surface area contributed by atoms with Gasteiger partial charge in [0.25, 0.3) is 0 Å². The predicted octanol–water partition coefficient (Wildman–Crippen LogP) is 0.507. The molecule has 19 heavy (non-hydrogen) atoms. The summed E-state index contributed by atoms with van der Waals surface area (Å²) in [5.41, 5.74) is 0.917. The van der Waals surface area contributed by atoms with Crippen molar-refractivity contribution in [2.45, 2.75) is 12.6 Å². The molecule has 0 bridgehead atoms. The van der Waals surface area contributed by atoms with E-state index in [9.17, 15) is 9.59 Å². The summed E-state index contributed by atoms with van der Waals surface area (Å²) in [5.74, 6) is -0.513. The second kappa shape index (κ2) is 5.71. The number of rotatable bonds is 4. The molecule has 1 aromatic carbocycles. The van der Waals surface area contributed by atoms with Crippen LogP contribution < -0.4 is 4.74 Å². The Balaban J connectivity index is 2.03. The third-order valence-corrected chi connectivity index (χ3v) is 2.95. The highest BCUT2D eigenvalue weighted by molar-refractivity contribution is 5.81. The molecule has 0 spiro atoms. The summed E-state index contributed by atoms with van der Waals surface area (Å²) in [4.78, 5) is 24.0. The molecule has 2 rings (SSSR count). The van der Waals surface area contributed by atoms with Gasteiger partial charge in [-0.1, -0.05) is 12.1 Å². The molecule has 102 valence electrons. The minimum atomic E-state index is -1.05. The number of methoxy groups -OCH3 is 1. The summed E-state index contributed by atoms with van der Waals surface area (Å²) in [6, 6.07) is 7.29. The molecule has 1 saturated heterocycles. The average Bonchev–Trinajstić information content (AvgIpc) is 2.42. The number of carbonyl (C=O) groups excluding carboxylic acids is 1. The Labute approximate surface area is 110 Å². The van der Waals surface area contributed by atoms with Crippen LogP contribution in [0.3, 0.4) is 0 Å². The quantitative estimate of drug-likeness (QED) is 0.858. The molecular formula is C13H15NO5. The Hall–Kier alpha value is -2.08. The van der Waals surface area contributed by atoms with Gasteiger partial charge in [0.2, 0.25) is 5.91 Å². The van der Waals surface area contributed by atoms with Gasteiger partial charge < -0.3 is 19.5 Å². The van der Waals surface area contributed by atoms with Crippen LogP contribution in [-0.2, 0) is 20.9 Å². The molecule has 1 aliphatic rings. The minimum Gasteiger partial charge on any atom is -0.497 e. The van der Waals surface area contributed by atoms with Crippen molar-refractivity contribution >= 4 is 11.9 Å². The zero-order valence-corrected chi connectivity index (χ0v) is 10.5. The average molecular weight is 265 g/mol. The van der Waals surface area contributed by atoms with E-state index in [-0.39, 0.29) is 19.1 Å². The van der Waals surface area contributed by atoms with E-state index in [1.165, 1.54) is 4.90 Å². The van der Waals surface area contributed by atoms with Gasteiger partial charge in [-0.05, 0) is 17.7 Å². The van der Waals surface area contributed by atoms with Gasteiger partial charge in [0.05, 0.1) is 13.7 Å². The van der Waals surface area contributed by atoms with Gasteiger partial charge in [-0.3, -0.25) is 4.79 Å². The summed E-state index contributed by atoms with van der Waals surface area (Å²) < 4.78 is 10.00. The van der Waals surface area contributed by atoms with Gasteiger partial charge in [0.1, 0.15) is 12.4 Å². The van der Waals surface area contributed by atoms with Gasteiger partial charge in [0, 0.05) is 6.54 Å². The predicted molar refractivity (Wildman–Crippen MR) is 65.8 cm³/mol. The lowest BCUT2D eigenvalue weighted by molar-refractivity contribution is -0.165. The van der Waals surface area contributed by atoms with Crippen molar-refractivity contribution < 1.29 is 24.2 Å². The lowest BCUT2D eigenvalue weighted by Crippen LogP contribution is -2.49. The maximum absolute atomic E-state index is 11.7. The second-order valence-corrected chi connectivity index (χ2v) is 4.26. The fourth-order valence-electron chi connectivity index (χ4n) is 1.87. The first-order valence-corrected chi connectivity index (χ1v) is 5.85. The molecule has 1 heterocycles. The van der Waals surface area contributed by atoms with Crippen LogP contribution in [0.25, 0.3) is 0 Å². The monoisotopic (exact) mass is 265 g/mol. The molecule has 1 amide bonds. The van der Waals surface area contributed by atoms with Crippen molar-refractivity contribution in [3.05, 3.63) is 29.8 Å². The Kier molecular flexibility index (Phi) is 4.01. The van der Waals surface area contributed by atoms with Gasteiger partial charge in [-0.25, -0.2) is 4.79 Å². The SMILES string of the molecule is COc1ccc(CN2C[C@H](C(=O)O)OCC2=O)cc1. The zero-order valence-electron chi connectivity index (χ0n) is 10.5. The highest BCUT2D eigenvalue weighted by atomic mass is 16.5. The Morgan fingerprint density at radius 1 is 1.47 bits per heavy atom. The maximum Gasteiger partial charge on any atom is 0.334 e. The summed E-state index contributed by atoms with van der Waals surface area (Å²) >= 11 is 0. The van der Waals surface area contributed by atoms with Crippen molar-refractivity contribution in [3.8, 4) is 5.75 Å². The third-order valence-electron chi connectivity index (χ3n) is 2.95. The van der Waals surface area contributed by atoms with Crippen molar-refractivity contribution in [2.24, 2.45) is 0 Å². The highest BCUT2D eigenvalue weighted by Crippen LogP contribution is 2.15. The second-order valence-electron chi connectivity index (χ2n) is 4.26. The largest absolute Gasteiger partial charge is 0.497 e. The molecule has 0 radical (unpaired) electrons. The van der Waals surface area contributed by atoms with Gasteiger partial charge in [-0.15, -0.1) is 0 Å². The number of aliphatic carboxylic acids is 1. The fraction of sp³-hybridized carbons (Fsp3) is 0.385. The van der Waals surface area contributed by atoms with Gasteiger partial charge in [0.15, 0.2) is 6.10 Å². The Bertz CT molecular complexity index is 470. The van der Waals surface area contributed by atoms with Crippen LogP contribution in [0.5, 0.6) is 5.75 Å². The van der Waals surface area contributed by atoms with E-state index in [0.29, 0.717) is 6.54 Å². The van der Waals surface area contributed by atoms with E-state index in [4.69, 9.17) is 14.6 Å². The van der Waals surface area contributed by atoms with E-state index in [0.717, 1.165) is 11.3 Å². The van der Waals surface area contributed by atoms with Crippen LogP contribution in [0.1, 0.15) is 5.56 Å². The topological polar surface area (TPSA) is 76.1 Å². The molecule has 6 nitrogen and oxygen atoms in total. The number of carbonyl (C=O) groups is 2. The molecular weight excluding hydrogens is 250 g/mol.